The quantitative estimate of drug-likeness (QED) is 0.934. The van der Waals surface area contributed by atoms with Crippen molar-refractivity contribution < 1.29 is 0 Å². The molecule has 5 nitrogen and oxygen atoms in total. The molecule has 0 atom stereocenters. The molecule has 0 spiro atoms. The maximum Gasteiger partial charge on any atom is 0.234 e. The van der Waals surface area contributed by atoms with Crippen LogP contribution in [-0.2, 0) is 0 Å². The predicted octanol–water partition coefficient (Wildman–Crippen LogP) is 3.22. The molecule has 0 aliphatic carbocycles. The van der Waals surface area contributed by atoms with Crippen LogP contribution in [0.25, 0.3) is 10.9 Å². The van der Waals surface area contributed by atoms with Crippen LogP contribution < -0.4 is 15.1 Å². The van der Waals surface area contributed by atoms with E-state index in [0.717, 1.165) is 29.6 Å². The molecular weight excluding hydrogens is 310 g/mol. The first-order chi connectivity index (χ1) is 12.2. The zero-order valence-corrected chi connectivity index (χ0v) is 14.5. The van der Waals surface area contributed by atoms with E-state index in [1.807, 2.05) is 35.6 Å². The first-order valence-corrected chi connectivity index (χ1v) is 8.75. The number of nitrogens with zero attached hydrogens (tertiary/aromatic N) is 4. The number of anilines is 2. The van der Waals surface area contributed by atoms with Gasteiger partial charge >= 0.3 is 0 Å². The highest BCUT2D eigenvalue weighted by molar-refractivity contribution is 5.83. The smallest absolute Gasteiger partial charge is 0.234 e. The molecule has 0 radical (unpaired) electrons. The van der Waals surface area contributed by atoms with E-state index in [9.17, 15) is 0 Å². The Kier molecular flexibility index (Phi) is 4.24. The Hall–Kier alpha value is -2.66. The van der Waals surface area contributed by atoms with Crippen LogP contribution in [0.5, 0.6) is 0 Å². The van der Waals surface area contributed by atoms with Crippen LogP contribution in [0.1, 0.15) is 12.8 Å². The van der Waals surface area contributed by atoms with Crippen molar-refractivity contribution >= 4 is 22.5 Å². The van der Waals surface area contributed by atoms with Gasteiger partial charge in [0.15, 0.2) is 0 Å². The van der Waals surface area contributed by atoms with E-state index in [-0.39, 0.29) is 0 Å². The molecule has 3 heterocycles. The first-order valence-electron chi connectivity index (χ1n) is 8.75. The largest absolute Gasteiger partial charge is 0.371 e. The van der Waals surface area contributed by atoms with Gasteiger partial charge in [-0.1, -0.05) is 6.58 Å². The van der Waals surface area contributed by atoms with Gasteiger partial charge in [0.1, 0.15) is 0 Å². The number of benzene rings is 1. The van der Waals surface area contributed by atoms with Crippen molar-refractivity contribution in [2.45, 2.75) is 18.9 Å². The summed E-state index contributed by atoms with van der Waals surface area (Å²) in [5.74, 6) is 0.673. The molecule has 1 fully saturated rings. The van der Waals surface area contributed by atoms with E-state index in [0.29, 0.717) is 12.0 Å². The summed E-state index contributed by atoms with van der Waals surface area (Å²) in [7, 11) is 2.18. The average molecular weight is 333 g/mol. The molecule has 5 heteroatoms. The number of rotatable bonds is 3. The zero-order valence-electron chi connectivity index (χ0n) is 14.5. The van der Waals surface area contributed by atoms with Gasteiger partial charge in [-0.05, 0) is 61.9 Å². The van der Waals surface area contributed by atoms with Gasteiger partial charge in [-0.25, -0.2) is 9.97 Å². The number of hydrogen-bond donors (Lipinski definition) is 1. The summed E-state index contributed by atoms with van der Waals surface area (Å²) >= 11 is 0. The molecule has 0 bridgehead atoms. The fourth-order valence-corrected chi connectivity index (χ4v) is 3.35. The van der Waals surface area contributed by atoms with Gasteiger partial charge in [0.05, 0.1) is 5.52 Å². The van der Waals surface area contributed by atoms with E-state index in [1.165, 1.54) is 18.5 Å². The third-order valence-electron chi connectivity index (χ3n) is 4.94. The van der Waals surface area contributed by atoms with E-state index in [4.69, 9.17) is 4.98 Å². The third kappa shape index (κ3) is 3.28. The fraction of sp³-hybridized carbons (Fsp3) is 0.300. The second-order valence-electron chi connectivity index (χ2n) is 6.62. The molecule has 128 valence electrons. The summed E-state index contributed by atoms with van der Waals surface area (Å²) in [6, 6.07) is 7.02. The second kappa shape index (κ2) is 6.69. The van der Waals surface area contributed by atoms with Crippen molar-refractivity contribution in [2.75, 3.05) is 29.9 Å². The monoisotopic (exact) mass is 333 g/mol. The summed E-state index contributed by atoms with van der Waals surface area (Å²) in [5, 5.41) is 4.49. The minimum Gasteiger partial charge on any atom is -0.371 e. The van der Waals surface area contributed by atoms with Crippen molar-refractivity contribution in [3.8, 4) is 0 Å². The van der Waals surface area contributed by atoms with Gasteiger partial charge in [0, 0.05) is 42.8 Å². The highest BCUT2D eigenvalue weighted by atomic mass is 15.2. The van der Waals surface area contributed by atoms with Gasteiger partial charge in [0.25, 0.3) is 0 Å². The minimum absolute atomic E-state index is 0.593. The Labute approximate surface area is 148 Å². The molecule has 2 aliphatic heterocycles. The topological polar surface area (TPSA) is 44.3 Å². The van der Waals surface area contributed by atoms with Gasteiger partial charge in [-0.15, -0.1) is 0 Å². The lowest BCUT2D eigenvalue weighted by Gasteiger charge is -2.33. The fourth-order valence-electron chi connectivity index (χ4n) is 3.35. The number of aromatic nitrogens is 2. The summed E-state index contributed by atoms with van der Waals surface area (Å²) in [6.45, 7) is 6.10. The van der Waals surface area contributed by atoms with Crippen LogP contribution in [0, 0.1) is 0 Å². The maximum absolute atomic E-state index is 4.69. The molecule has 25 heavy (non-hydrogen) atoms. The average Bonchev–Trinajstić information content (AvgIpc) is 2.68. The Balaban J connectivity index is 1.59. The van der Waals surface area contributed by atoms with Crippen molar-refractivity contribution in [3.63, 3.8) is 0 Å². The molecule has 0 saturated carbocycles. The Morgan fingerprint density at radius 2 is 1.96 bits per heavy atom. The van der Waals surface area contributed by atoms with Gasteiger partial charge < -0.3 is 10.2 Å². The van der Waals surface area contributed by atoms with Gasteiger partial charge in [-0.3, -0.25) is 4.90 Å². The lowest BCUT2D eigenvalue weighted by molar-refractivity contribution is 0.443. The van der Waals surface area contributed by atoms with Crippen molar-refractivity contribution in [2.24, 2.45) is 0 Å². The van der Waals surface area contributed by atoms with Gasteiger partial charge in [0.2, 0.25) is 5.95 Å². The van der Waals surface area contributed by atoms with Crippen LogP contribution in [0.15, 0.2) is 61.1 Å². The molecule has 1 saturated heterocycles. The summed E-state index contributed by atoms with van der Waals surface area (Å²) < 4.78 is 0. The minimum atomic E-state index is 0.593. The predicted molar refractivity (Wildman–Crippen MR) is 104 cm³/mol. The number of allylic oxidation sites excluding steroid dienone is 3. The lowest BCUT2D eigenvalue weighted by atomic mass is 10.0. The van der Waals surface area contributed by atoms with Crippen molar-refractivity contribution in [1.82, 2.24) is 15.3 Å². The molecule has 4 rings (SSSR count). The molecule has 0 unspecified atom stereocenters. The summed E-state index contributed by atoms with van der Waals surface area (Å²) in [6.07, 6.45) is 12.0. The molecular formula is C20H23N5. The Morgan fingerprint density at radius 3 is 2.72 bits per heavy atom. The molecule has 0 amide bonds. The molecule has 1 N–H and O–H groups in total. The standard InChI is InChI=1S/C20H23N5/c1-15-7-11-25(12-8-15)20-22-14-16-13-18(3-4-19(16)23-20)24(2)17-5-9-21-10-6-17/h3-4,7-8,11-14,17,21H,1,5-6,9-10H2,2H3. The highest BCUT2D eigenvalue weighted by Gasteiger charge is 2.18. The third-order valence-corrected chi connectivity index (χ3v) is 4.94. The van der Waals surface area contributed by atoms with E-state index in [2.05, 4.69) is 47.0 Å². The van der Waals surface area contributed by atoms with Crippen LogP contribution in [0.2, 0.25) is 0 Å². The first kappa shape index (κ1) is 15.8. The van der Waals surface area contributed by atoms with Crippen LogP contribution in [-0.4, -0.2) is 36.1 Å². The van der Waals surface area contributed by atoms with Crippen molar-refractivity contribution in [1.29, 1.82) is 0 Å². The Morgan fingerprint density at radius 1 is 1.20 bits per heavy atom. The van der Waals surface area contributed by atoms with Crippen LogP contribution in [0.4, 0.5) is 11.6 Å². The normalized spacial score (nSPS) is 18.1. The van der Waals surface area contributed by atoms with E-state index >= 15 is 0 Å². The van der Waals surface area contributed by atoms with E-state index < -0.39 is 0 Å². The molecule has 2 aromatic rings. The summed E-state index contributed by atoms with van der Waals surface area (Å²) in [4.78, 5) is 13.5. The van der Waals surface area contributed by atoms with Crippen LogP contribution >= 0.6 is 0 Å². The highest BCUT2D eigenvalue weighted by Crippen LogP contribution is 2.25. The number of fused-ring (bicyclic) bond motifs is 1. The molecule has 1 aromatic carbocycles. The number of piperidine rings is 1. The lowest BCUT2D eigenvalue weighted by Crippen LogP contribution is -2.41. The number of nitrogens with one attached hydrogen (secondary N) is 1. The van der Waals surface area contributed by atoms with Crippen LogP contribution in [0.3, 0.4) is 0 Å². The van der Waals surface area contributed by atoms with Gasteiger partial charge in [-0.2, -0.15) is 0 Å². The van der Waals surface area contributed by atoms with Crippen molar-refractivity contribution in [3.05, 3.63) is 61.1 Å². The zero-order chi connectivity index (χ0) is 17.2. The Bertz CT molecular complexity index is 832. The molecule has 1 aromatic heterocycles. The number of hydrogen-bond acceptors (Lipinski definition) is 5. The SMILES string of the molecule is C=C1C=CN(c2ncc3cc(N(C)C4CCNCC4)ccc3n2)C=C1. The second-order valence-corrected chi connectivity index (χ2v) is 6.62. The molecule has 2 aliphatic rings. The summed E-state index contributed by atoms with van der Waals surface area (Å²) in [5.41, 5.74) is 3.16. The maximum atomic E-state index is 4.69. The van der Waals surface area contributed by atoms with E-state index in [1.54, 1.807) is 0 Å².